The summed E-state index contributed by atoms with van der Waals surface area (Å²) in [5.41, 5.74) is 4.00. The zero-order valence-corrected chi connectivity index (χ0v) is 13.1. The Kier molecular flexibility index (Phi) is 4.94. The van der Waals surface area contributed by atoms with Gasteiger partial charge in [0.05, 0.1) is 11.3 Å². The van der Waals surface area contributed by atoms with Gasteiger partial charge in [-0.25, -0.2) is 0 Å². The average molecular weight is 296 g/mol. The monoisotopic (exact) mass is 296 g/mol. The highest BCUT2D eigenvalue weighted by atomic mass is 16.2. The van der Waals surface area contributed by atoms with Crippen LogP contribution in [0.25, 0.3) is 0 Å². The van der Waals surface area contributed by atoms with Gasteiger partial charge in [0, 0.05) is 12.1 Å². The number of anilines is 2. The molecule has 0 aliphatic carbocycles. The average Bonchev–Trinajstić information content (AvgIpc) is 2.51. The number of carbonyl (C=O) groups excluding carboxylic acids is 2. The van der Waals surface area contributed by atoms with Crippen molar-refractivity contribution >= 4 is 23.2 Å². The van der Waals surface area contributed by atoms with E-state index in [0.717, 1.165) is 11.3 Å². The molecular formula is C18H20N2O2. The minimum Gasteiger partial charge on any atom is -0.325 e. The van der Waals surface area contributed by atoms with E-state index < -0.39 is 0 Å². The lowest BCUT2D eigenvalue weighted by molar-refractivity contribution is -0.115. The Labute approximate surface area is 130 Å². The molecule has 0 saturated heterocycles. The second-order valence-corrected chi connectivity index (χ2v) is 5.20. The van der Waals surface area contributed by atoms with E-state index in [9.17, 15) is 9.59 Å². The maximum Gasteiger partial charge on any atom is 0.257 e. The first-order valence-corrected chi connectivity index (χ1v) is 7.28. The molecule has 0 aromatic heterocycles. The van der Waals surface area contributed by atoms with Gasteiger partial charge in [0.2, 0.25) is 5.91 Å². The fraction of sp³-hybridized carbons (Fsp3) is 0.222. The highest BCUT2D eigenvalue weighted by Gasteiger charge is 2.12. The molecule has 4 heteroatoms. The maximum atomic E-state index is 12.4. The van der Waals surface area contributed by atoms with Crippen LogP contribution in [-0.2, 0) is 4.79 Å². The van der Waals surface area contributed by atoms with E-state index in [-0.39, 0.29) is 11.8 Å². The fourth-order valence-corrected chi connectivity index (χ4v) is 2.05. The summed E-state index contributed by atoms with van der Waals surface area (Å²) in [4.78, 5) is 24.0. The van der Waals surface area contributed by atoms with Crippen LogP contribution in [0.4, 0.5) is 11.4 Å². The van der Waals surface area contributed by atoms with Crippen LogP contribution in [0.15, 0.2) is 42.5 Å². The summed E-state index contributed by atoms with van der Waals surface area (Å²) in [6, 6.07) is 12.8. The van der Waals surface area contributed by atoms with Crippen molar-refractivity contribution in [3.8, 4) is 0 Å². The topological polar surface area (TPSA) is 58.2 Å². The van der Waals surface area contributed by atoms with Gasteiger partial charge in [-0.05, 0) is 49.2 Å². The van der Waals surface area contributed by atoms with E-state index in [0.29, 0.717) is 17.7 Å². The Bertz CT molecular complexity index is 708. The third kappa shape index (κ3) is 3.73. The van der Waals surface area contributed by atoms with Crippen molar-refractivity contribution in [2.45, 2.75) is 27.2 Å². The zero-order chi connectivity index (χ0) is 16.1. The highest BCUT2D eigenvalue weighted by Crippen LogP contribution is 2.19. The normalized spacial score (nSPS) is 10.1. The van der Waals surface area contributed by atoms with Crippen molar-refractivity contribution in [3.05, 3.63) is 59.2 Å². The fourth-order valence-electron chi connectivity index (χ4n) is 2.05. The molecule has 2 aromatic carbocycles. The summed E-state index contributed by atoms with van der Waals surface area (Å²) < 4.78 is 0. The van der Waals surface area contributed by atoms with Crippen molar-refractivity contribution in [1.82, 2.24) is 0 Å². The third-order valence-electron chi connectivity index (χ3n) is 3.53. The van der Waals surface area contributed by atoms with Crippen LogP contribution in [-0.4, -0.2) is 11.8 Å². The molecule has 0 heterocycles. The molecule has 2 aromatic rings. The van der Waals surface area contributed by atoms with Gasteiger partial charge in [-0.3, -0.25) is 9.59 Å². The van der Waals surface area contributed by atoms with Gasteiger partial charge >= 0.3 is 0 Å². The van der Waals surface area contributed by atoms with Crippen molar-refractivity contribution in [1.29, 1.82) is 0 Å². The Morgan fingerprint density at radius 1 is 0.955 bits per heavy atom. The summed E-state index contributed by atoms with van der Waals surface area (Å²) in [5.74, 6) is -0.360. The summed E-state index contributed by atoms with van der Waals surface area (Å²) in [6.07, 6.45) is 0.368. The maximum absolute atomic E-state index is 12.4. The van der Waals surface area contributed by atoms with Crippen LogP contribution >= 0.6 is 0 Å². The quantitative estimate of drug-likeness (QED) is 0.899. The molecule has 0 atom stereocenters. The molecule has 0 fully saturated rings. The first-order valence-electron chi connectivity index (χ1n) is 7.28. The molecule has 0 aliphatic heterocycles. The zero-order valence-electron chi connectivity index (χ0n) is 13.1. The largest absolute Gasteiger partial charge is 0.325 e. The molecule has 0 bridgehead atoms. The number of aryl methyl sites for hydroxylation is 2. The van der Waals surface area contributed by atoms with Crippen molar-refractivity contribution < 1.29 is 9.59 Å². The molecule has 22 heavy (non-hydrogen) atoms. The van der Waals surface area contributed by atoms with Crippen molar-refractivity contribution in [2.75, 3.05) is 10.6 Å². The molecule has 0 aliphatic rings. The minimum atomic E-state index is -0.241. The van der Waals surface area contributed by atoms with Gasteiger partial charge in [0.1, 0.15) is 0 Å². The molecule has 2 N–H and O–H groups in total. The minimum absolute atomic E-state index is 0.119. The Morgan fingerprint density at radius 3 is 2.36 bits per heavy atom. The number of hydrogen-bond acceptors (Lipinski definition) is 2. The first-order chi connectivity index (χ1) is 10.5. The van der Waals surface area contributed by atoms with E-state index in [4.69, 9.17) is 0 Å². The molecule has 2 amide bonds. The van der Waals surface area contributed by atoms with Crippen molar-refractivity contribution in [2.24, 2.45) is 0 Å². The molecule has 0 unspecified atom stereocenters. The standard InChI is InChI=1S/C18H20N2O2/c1-4-17(21)20-16-8-6-5-7-15(16)18(22)19-14-10-9-12(2)13(3)11-14/h5-11H,4H2,1-3H3,(H,19,22)(H,20,21). The number of rotatable bonds is 4. The van der Waals surface area contributed by atoms with Gasteiger partial charge in [0.25, 0.3) is 5.91 Å². The summed E-state index contributed by atoms with van der Waals surface area (Å²) in [5, 5.41) is 5.62. The SMILES string of the molecule is CCC(=O)Nc1ccccc1C(=O)Nc1ccc(C)c(C)c1. The van der Waals surface area contributed by atoms with Crippen LogP contribution in [0.3, 0.4) is 0 Å². The molecule has 0 radical (unpaired) electrons. The van der Waals surface area contributed by atoms with E-state index in [2.05, 4.69) is 10.6 Å². The summed E-state index contributed by atoms with van der Waals surface area (Å²) >= 11 is 0. The summed E-state index contributed by atoms with van der Waals surface area (Å²) in [7, 11) is 0. The Hall–Kier alpha value is -2.62. The Morgan fingerprint density at radius 2 is 1.68 bits per heavy atom. The third-order valence-corrected chi connectivity index (χ3v) is 3.53. The Balaban J connectivity index is 2.22. The van der Waals surface area contributed by atoms with Crippen LogP contribution in [0.2, 0.25) is 0 Å². The van der Waals surface area contributed by atoms with Crippen LogP contribution in [0, 0.1) is 13.8 Å². The number of carbonyl (C=O) groups is 2. The number of nitrogens with one attached hydrogen (secondary N) is 2. The van der Waals surface area contributed by atoms with E-state index in [1.807, 2.05) is 32.0 Å². The number of para-hydroxylation sites is 1. The molecular weight excluding hydrogens is 276 g/mol. The second-order valence-electron chi connectivity index (χ2n) is 5.20. The first kappa shape index (κ1) is 15.8. The van der Waals surface area contributed by atoms with Gasteiger partial charge in [-0.2, -0.15) is 0 Å². The molecule has 0 saturated carbocycles. The number of amides is 2. The molecule has 114 valence electrons. The molecule has 2 rings (SSSR count). The predicted octanol–water partition coefficient (Wildman–Crippen LogP) is 3.90. The van der Waals surface area contributed by atoms with Crippen molar-refractivity contribution in [3.63, 3.8) is 0 Å². The van der Waals surface area contributed by atoms with Crippen LogP contribution in [0.1, 0.15) is 34.8 Å². The highest BCUT2D eigenvalue weighted by molar-refractivity contribution is 6.10. The van der Waals surface area contributed by atoms with Gasteiger partial charge in [-0.15, -0.1) is 0 Å². The molecule has 4 nitrogen and oxygen atoms in total. The number of hydrogen-bond donors (Lipinski definition) is 2. The van der Waals surface area contributed by atoms with E-state index in [1.54, 1.807) is 31.2 Å². The van der Waals surface area contributed by atoms with E-state index in [1.165, 1.54) is 5.56 Å². The van der Waals surface area contributed by atoms with Gasteiger partial charge in [0.15, 0.2) is 0 Å². The van der Waals surface area contributed by atoms with Crippen LogP contribution in [0.5, 0.6) is 0 Å². The lowest BCUT2D eigenvalue weighted by Gasteiger charge is -2.12. The second kappa shape index (κ2) is 6.89. The predicted molar refractivity (Wildman–Crippen MR) is 89.2 cm³/mol. The lowest BCUT2D eigenvalue weighted by Crippen LogP contribution is -2.17. The van der Waals surface area contributed by atoms with Crippen LogP contribution < -0.4 is 10.6 Å². The smallest absolute Gasteiger partial charge is 0.257 e. The van der Waals surface area contributed by atoms with Gasteiger partial charge < -0.3 is 10.6 Å². The van der Waals surface area contributed by atoms with E-state index >= 15 is 0 Å². The molecule has 0 spiro atoms. The number of benzene rings is 2. The lowest BCUT2D eigenvalue weighted by atomic mass is 10.1. The van der Waals surface area contributed by atoms with Gasteiger partial charge in [-0.1, -0.05) is 25.1 Å². The summed E-state index contributed by atoms with van der Waals surface area (Å²) in [6.45, 7) is 5.80.